The molecule has 0 radical (unpaired) electrons. The van der Waals surface area contributed by atoms with Gasteiger partial charge in [-0.2, -0.15) is 0 Å². The summed E-state index contributed by atoms with van der Waals surface area (Å²) < 4.78 is 21.2. The summed E-state index contributed by atoms with van der Waals surface area (Å²) in [4.78, 5) is 29.7. The van der Waals surface area contributed by atoms with Crippen molar-refractivity contribution in [2.24, 2.45) is 4.99 Å². The Kier molecular flexibility index (Phi) is 8.92. The summed E-state index contributed by atoms with van der Waals surface area (Å²) in [7, 11) is 3.02. The molecule has 1 N–H and O–H groups in total. The molecule has 0 unspecified atom stereocenters. The minimum atomic E-state index is -0.838. The van der Waals surface area contributed by atoms with Crippen LogP contribution in [0.2, 0.25) is 0 Å². The Hall–Kier alpha value is -2.89. The molecule has 0 saturated carbocycles. The SMILES string of the molecule is CCO/C([O-])=c1\cc(NC(=O)c2ccccc2)c(=O)o\c1=C1\C=c2cc(OC)c(OC)cc2=N1.[K+]. The molecule has 174 valence electrons. The van der Waals surface area contributed by atoms with Gasteiger partial charge in [0.25, 0.3) is 5.91 Å². The Morgan fingerprint density at radius 1 is 1.09 bits per heavy atom. The number of rotatable bonds is 6. The molecule has 1 amide bonds. The van der Waals surface area contributed by atoms with Gasteiger partial charge < -0.3 is 29.1 Å². The van der Waals surface area contributed by atoms with Crippen LogP contribution in [0.4, 0.5) is 5.69 Å². The van der Waals surface area contributed by atoms with E-state index in [2.05, 4.69) is 10.3 Å². The van der Waals surface area contributed by atoms with Gasteiger partial charge in [-0.25, -0.2) is 9.79 Å². The number of hydrogen-bond acceptors (Lipinski definition) is 8. The van der Waals surface area contributed by atoms with Crippen LogP contribution < -0.4 is 98.1 Å². The van der Waals surface area contributed by atoms with Crippen molar-refractivity contribution in [2.75, 3.05) is 26.1 Å². The van der Waals surface area contributed by atoms with Crippen LogP contribution in [0.15, 0.2) is 62.7 Å². The Labute approximate surface area is 242 Å². The largest absolute Gasteiger partial charge is 1.00 e. The number of nitrogens with zero attached hydrogens (tertiary/aromatic N) is 1. The topological polar surface area (TPSA) is 122 Å². The van der Waals surface area contributed by atoms with Gasteiger partial charge in [0.15, 0.2) is 16.9 Å². The van der Waals surface area contributed by atoms with E-state index in [9.17, 15) is 14.7 Å². The van der Waals surface area contributed by atoms with Crippen molar-refractivity contribution < 1.29 is 79.9 Å². The monoisotopic (exact) mass is 500 g/mol. The van der Waals surface area contributed by atoms with Crippen LogP contribution in [-0.2, 0) is 4.74 Å². The van der Waals surface area contributed by atoms with Crippen molar-refractivity contribution in [3.63, 3.8) is 0 Å². The van der Waals surface area contributed by atoms with E-state index in [1.165, 1.54) is 20.3 Å². The van der Waals surface area contributed by atoms with E-state index in [0.29, 0.717) is 27.6 Å². The fourth-order valence-corrected chi connectivity index (χ4v) is 3.42. The first-order valence-corrected chi connectivity index (χ1v) is 10.4. The predicted octanol–water partition coefficient (Wildman–Crippen LogP) is -3.40. The first-order valence-electron chi connectivity index (χ1n) is 10.4. The van der Waals surface area contributed by atoms with Gasteiger partial charge in [-0.15, -0.1) is 0 Å². The molecule has 10 heteroatoms. The number of benzene rings is 2. The van der Waals surface area contributed by atoms with Gasteiger partial charge in [0.05, 0.1) is 25.5 Å². The minimum absolute atomic E-state index is 0. The molecule has 1 aromatic heterocycles. The maximum atomic E-state index is 12.7. The molecule has 3 aromatic rings. The van der Waals surface area contributed by atoms with Crippen molar-refractivity contribution in [1.82, 2.24) is 0 Å². The van der Waals surface area contributed by atoms with E-state index in [0.717, 1.165) is 0 Å². The zero-order valence-electron chi connectivity index (χ0n) is 19.7. The fourth-order valence-electron chi connectivity index (χ4n) is 3.42. The predicted molar refractivity (Wildman–Crippen MR) is 122 cm³/mol. The van der Waals surface area contributed by atoms with E-state index >= 15 is 0 Å². The summed E-state index contributed by atoms with van der Waals surface area (Å²) >= 11 is 0. The Morgan fingerprint density at radius 3 is 2.43 bits per heavy atom. The molecule has 0 aliphatic carbocycles. The summed E-state index contributed by atoms with van der Waals surface area (Å²) in [6, 6.07) is 13.0. The zero-order valence-corrected chi connectivity index (χ0v) is 22.8. The molecule has 1 aliphatic heterocycles. The average molecular weight is 501 g/mol. The van der Waals surface area contributed by atoms with Gasteiger partial charge in [-0.05, 0) is 36.9 Å². The van der Waals surface area contributed by atoms with Crippen molar-refractivity contribution in [3.8, 4) is 11.5 Å². The average Bonchev–Trinajstić information content (AvgIpc) is 3.27. The molecular formula is C25H21KN2O7. The summed E-state index contributed by atoms with van der Waals surface area (Å²) in [6.45, 7) is 1.76. The molecular weight excluding hydrogens is 479 g/mol. The molecule has 0 spiro atoms. The van der Waals surface area contributed by atoms with Crippen molar-refractivity contribution in [2.45, 2.75) is 6.92 Å². The van der Waals surface area contributed by atoms with Crippen LogP contribution >= 0.6 is 0 Å². The van der Waals surface area contributed by atoms with Crippen molar-refractivity contribution in [3.05, 3.63) is 85.7 Å². The minimum Gasteiger partial charge on any atom is -0.613 e. The standard InChI is InChI=1S/C25H22N2O7.K/c1-4-33-24(29)16-12-19(27-23(28)14-8-6-5-7-9-14)25(30)34-22(16)18-10-15-11-20(31-2)21(32-3)13-17(15)26-18;/h5-13,29H,4H2,1-3H3,(H,27,28);/q;+1/p-1/b22-18-,24-16+;. The Bertz CT molecular complexity index is 1520. The van der Waals surface area contributed by atoms with E-state index in [1.807, 2.05) is 0 Å². The molecule has 2 aromatic carbocycles. The molecule has 2 heterocycles. The number of nitrogens with one attached hydrogen (secondary N) is 1. The summed E-state index contributed by atoms with van der Waals surface area (Å²) in [5, 5.41) is 16.4. The van der Waals surface area contributed by atoms with Crippen molar-refractivity contribution in [1.29, 1.82) is 0 Å². The van der Waals surface area contributed by atoms with Crippen LogP contribution in [0.3, 0.4) is 0 Å². The molecule has 0 fully saturated rings. The third-order valence-electron chi connectivity index (χ3n) is 5.03. The van der Waals surface area contributed by atoms with Crippen LogP contribution in [0.5, 0.6) is 11.5 Å². The van der Waals surface area contributed by atoms with Crippen molar-refractivity contribution >= 4 is 29.3 Å². The van der Waals surface area contributed by atoms with E-state index in [-0.39, 0.29) is 80.0 Å². The number of carbonyl (C=O) groups is 1. The summed E-state index contributed by atoms with van der Waals surface area (Å²) in [5.41, 5.74) is -0.521. The molecule has 1 aliphatic rings. The van der Waals surface area contributed by atoms with Gasteiger partial charge in [-0.1, -0.05) is 25.1 Å². The second kappa shape index (κ2) is 11.7. The van der Waals surface area contributed by atoms with Gasteiger partial charge in [0.2, 0.25) is 0 Å². The molecule has 0 bridgehead atoms. The molecule has 35 heavy (non-hydrogen) atoms. The number of ether oxygens (including phenoxy) is 3. The molecule has 4 rings (SSSR count). The molecule has 9 nitrogen and oxygen atoms in total. The first-order chi connectivity index (χ1) is 16.4. The first kappa shape index (κ1) is 26.7. The van der Waals surface area contributed by atoms with Gasteiger partial charge >= 0.3 is 57.0 Å². The van der Waals surface area contributed by atoms with Gasteiger partial charge in [0, 0.05) is 22.1 Å². The van der Waals surface area contributed by atoms with E-state index in [4.69, 9.17) is 18.6 Å². The number of fused-ring (bicyclic) bond motifs is 1. The van der Waals surface area contributed by atoms with Crippen LogP contribution in [0, 0.1) is 0 Å². The van der Waals surface area contributed by atoms with Crippen LogP contribution in [0.1, 0.15) is 17.3 Å². The fraction of sp³-hybridized carbons (Fsp3) is 0.160. The second-order valence-electron chi connectivity index (χ2n) is 7.14. The zero-order chi connectivity index (χ0) is 24.2. The number of hydrogen-bond donors (Lipinski definition) is 1. The molecule has 0 saturated heterocycles. The number of anilines is 1. The smallest absolute Gasteiger partial charge is 0.613 e. The third kappa shape index (κ3) is 5.68. The van der Waals surface area contributed by atoms with Gasteiger partial charge in [0.1, 0.15) is 11.4 Å². The Morgan fingerprint density at radius 2 is 1.77 bits per heavy atom. The maximum Gasteiger partial charge on any atom is 1.00 e. The van der Waals surface area contributed by atoms with E-state index in [1.54, 1.807) is 55.5 Å². The number of amides is 1. The van der Waals surface area contributed by atoms with E-state index < -0.39 is 17.5 Å². The summed E-state index contributed by atoms with van der Waals surface area (Å²) in [6.07, 6.45) is 1.65. The Balaban J connectivity index is 0.00000342. The second-order valence-corrected chi connectivity index (χ2v) is 7.14. The molecule has 0 atom stereocenters. The number of methoxy groups -OCH3 is 2. The van der Waals surface area contributed by atoms with Crippen LogP contribution in [0.25, 0.3) is 17.7 Å². The van der Waals surface area contributed by atoms with Gasteiger partial charge in [-0.3, -0.25) is 4.79 Å². The quantitative estimate of drug-likeness (QED) is 0.350. The summed E-state index contributed by atoms with van der Waals surface area (Å²) in [5.74, 6) is -0.267. The van der Waals surface area contributed by atoms with Crippen LogP contribution in [-0.4, -0.2) is 26.7 Å². The normalized spacial score (nSPS) is 13.9. The third-order valence-corrected chi connectivity index (χ3v) is 5.03. The maximum absolute atomic E-state index is 12.7. The number of carbonyl (C=O) groups excluding carboxylic acids is 1.